The smallest absolute Gasteiger partial charge is 0.0438 e. The summed E-state index contributed by atoms with van der Waals surface area (Å²) in [4.78, 5) is 0. The summed E-state index contributed by atoms with van der Waals surface area (Å²) in [5.41, 5.74) is 2.72. The van der Waals surface area contributed by atoms with E-state index in [-0.39, 0.29) is 0 Å². The molecule has 1 saturated heterocycles. The van der Waals surface area contributed by atoms with Crippen LogP contribution in [-0.4, -0.2) is 13.1 Å². The van der Waals surface area contributed by atoms with Gasteiger partial charge in [-0.15, -0.1) is 0 Å². The van der Waals surface area contributed by atoms with Crippen molar-refractivity contribution < 1.29 is 0 Å². The van der Waals surface area contributed by atoms with Crippen LogP contribution < -0.4 is 5.32 Å². The molecule has 1 aliphatic heterocycles. The maximum Gasteiger partial charge on any atom is 0.0438 e. The summed E-state index contributed by atoms with van der Waals surface area (Å²) in [6, 6.07) is 6.47. The van der Waals surface area contributed by atoms with Crippen LogP contribution in [0.25, 0.3) is 0 Å². The van der Waals surface area contributed by atoms with Gasteiger partial charge in [0.1, 0.15) is 0 Å². The minimum atomic E-state index is 0.692. The maximum absolute atomic E-state index is 6.09. The third kappa shape index (κ3) is 1.94. The third-order valence-corrected chi connectivity index (χ3v) is 3.35. The van der Waals surface area contributed by atoms with Crippen molar-refractivity contribution in [3.8, 4) is 0 Å². The second-order valence-corrected chi connectivity index (χ2v) is 4.30. The maximum atomic E-state index is 6.09. The highest BCUT2D eigenvalue weighted by Crippen LogP contribution is 2.26. The Kier molecular flexibility index (Phi) is 3.09. The summed E-state index contributed by atoms with van der Waals surface area (Å²) in [5.74, 6) is 0.692. The van der Waals surface area contributed by atoms with Crippen LogP contribution in [-0.2, 0) is 6.42 Å². The number of rotatable bonds is 2. The fourth-order valence-corrected chi connectivity index (χ4v) is 2.31. The minimum Gasteiger partial charge on any atom is -0.316 e. The van der Waals surface area contributed by atoms with Crippen LogP contribution in [0.15, 0.2) is 18.2 Å². The van der Waals surface area contributed by atoms with Crippen molar-refractivity contribution >= 4 is 11.6 Å². The van der Waals surface area contributed by atoms with Gasteiger partial charge in [0, 0.05) is 11.6 Å². The number of benzene rings is 1. The van der Waals surface area contributed by atoms with Gasteiger partial charge >= 0.3 is 0 Å². The van der Waals surface area contributed by atoms with E-state index in [0.29, 0.717) is 5.92 Å². The average molecular weight is 210 g/mol. The van der Waals surface area contributed by atoms with Crippen molar-refractivity contribution in [3.05, 3.63) is 34.3 Å². The molecule has 0 bridgehead atoms. The van der Waals surface area contributed by atoms with E-state index in [1.54, 1.807) is 0 Å². The van der Waals surface area contributed by atoms with Gasteiger partial charge in [-0.1, -0.05) is 30.7 Å². The summed E-state index contributed by atoms with van der Waals surface area (Å²) in [6.45, 7) is 4.41. The molecule has 1 N–H and O–H groups in total. The predicted octanol–water partition coefficient (Wildman–Crippen LogP) is 2.98. The molecule has 0 radical (unpaired) electrons. The van der Waals surface area contributed by atoms with Crippen LogP contribution in [0, 0.1) is 0 Å². The quantitative estimate of drug-likeness (QED) is 0.790. The molecular formula is C12H16ClN. The van der Waals surface area contributed by atoms with E-state index in [2.05, 4.69) is 24.4 Å². The molecule has 0 saturated carbocycles. The standard InChI is InChI=1S/C12H16ClN/c1-2-9-7-10(3-4-12(9)13)11-5-6-14-8-11/h3-4,7,11,14H,2,5-6,8H2,1H3. The fourth-order valence-electron chi connectivity index (χ4n) is 2.06. The number of hydrogen-bond acceptors (Lipinski definition) is 1. The van der Waals surface area contributed by atoms with Gasteiger partial charge in [0.05, 0.1) is 0 Å². The van der Waals surface area contributed by atoms with E-state index in [0.717, 1.165) is 24.5 Å². The Balaban J connectivity index is 2.25. The Morgan fingerprint density at radius 1 is 1.50 bits per heavy atom. The van der Waals surface area contributed by atoms with E-state index < -0.39 is 0 Å². The Morgan fingerprint density at radius 2 is 2.36 bits per heavy atom. The number of halogens is 1. The van der Waals surface area contributed by atoms with Gasteiger partial charge in [-0.3, -0.25) is 0 Å². The molecule has 1 aromatic rings. The highest BCUT2D eigenvalue weighted by Gasteiger charge is 2.16. The summed E-state index contributed by atoms with van der Waals surface area (Å²) in [7, 11) is 0. The second kappa shape index (κ2) is 4.33. The zero-order valence-electron chi connectivity index (χ0n) is 8.52. The number of hydrogen-bond donors (Lipinski definition) is 1. The first kappa shape index (κ1) is 10.0. The molecule has 2 rings (SSSR count). The SMILES string of the molecule is CCc1cc(C2CCNC2)ccc1Cl. The van der Waals surface area contributed by atoms with Crippen molar-refractivity contribution in [2.75, 3.05) is 13.1 Å². The molecular weight excluding hydrogens is 194 g/mol. The fraction of sp³-hybridized carbons (Fsp3) is 0.500. The molecule has 14 heavy (non-hydrogen) atoms. The van der Waals surface area contributed by atoms with Crippen LogP contribution in [0.1, 0.15) is 30.4 Å². The molecule has 76 valence electrons. The van der Waals surface area contributed by atoms with Crippen LogP contribution >= 0.6 is 11.6 Å². The average Bonchev–Trinajstić information content (AvgIpc) is 2.71. The van der Waals surface area contributed by atoms with E-state index in [9.17, 15) is 0 Å². The zero-order valence-corrected chi connectivity index (χ0v) is 9.27. The highest BCUT2D eigenvalue weighted by atomic mass is 35.5. The van der Waals surface area contributed by atoms with Gasteiger partial charge in [0.15, 0.2) is 0 Å². The monoisotopic (exact) mass is 209 g/mol. The van der Waals surface area contributed by atoms with Crippen molar-refractivity contribution in [2.24, 2.45) is 0 Å². The van der Waals surface area contributed by atoms with Crippen molar-refractivity contribution in [3.63, 3.8) is 0 Å². The topological polar surface area (TPSA) is 12.0 Å². The normalized spacial score (nSPS) is 21.4. The first-order valence-corrected chi connectivity index (χ1v) is 5.68. The second-order valence-electron chi connectivity index (χ2n) is 3.89. The summed E-state index contributed by atoms with van der Waals surface area (Å²) in [5, 5.41) is 4.29. The first-order valence-electron chi connectivity index (χ1n) is 5.30. The Bertz CT molecular complexity index is 316. The molecule has 0 spiro atoms. The van der Waals surface area contributed by atoms with Crippen LogP contribution in [0.2, 0.25) is 5.02 Å². The number of nitrogens with one attached hydrogen (secondary N) is 1. The van der Waals surface area contributed by atoms with E-state index in [1.165, 1.54) is 17.5 Å². The number of aryl methyl sites for hydroxylation is 1. The predicted molar refractivity (Wildman–Crippen MR) is 61.1 cm³/mol. The van der Waals surface area contributed by atoms with E-state index >= 15 is 0 Å². The summed E-state index contributed by atoms with van der Waals surface area (Å²) >= 11 is 6.09. The lowest BCUT2D eigenvalue weighted by Crippen LogP contribution is -2.08. The van der Waals surface area contributed by atoms with Gasteiger partial charge in [0.2, 0.25) is 0 Å². The lowest BCUT2D eigenvalue weighted by molar-refractivity contribution is 0.761. The molecule has 1 aliphatic rings. The van der Waals surface area contributed by atoms with Gasteiger partial charge in [-0.25, -0.2) is 0 Å². The van der Waals surface area contributed by atoms with Gasteiger partial charge in [-0.2, -0.15) is 0 Å². The first-order chi connectivity index (χ1) is 6.81. The van der Waals surface area contributed by atoms with Gasteiger partial charge in [0.25, 0.3) is 0 Å². The van der Waals surface area contributed by atoms with Crippen molar-refractivity contribution in [2.45, 2.75) is 25.7 Å². The van der Waals surface area contributed by atoms with Gasteiger partial charge < -0.3 is 5.32 Å². The highest BCUT2D eigenvalue weighted by molar-refractivity contribution is 6.31. The Labute approximate surface area is 90.5 Å². The summed E-state index contributed by atoms with van der Waals surface area (Å²) < 4.78 is 0. The molecule has 0 aromatic heterocycles. The Morgan fingerprint density at radius 3 is 3.00 bits per heavy atom. The van der Waals surface area contributed by atoms with E-state index in [1.807, 2.05) is 6.07 Å². The minimum absolute atomic E-state index is 0.692. The largest absolute Gasteiger partial charge is 0.316 e. The molecule has 1 nitrogen and oxygen atoms in total. The summed E-state index contributed by atoms with van der Waals surface area (Å²) in [6.07, 6.45) is 2.28. The lowest BCUT2D eigenvalue weighted by Gasteiger charge is -2.11. The van der Waals surface area contributed by atoms with Gasteiger partial charge in [-0.05, 0) is 42.5 Å². The van der Waals surface area contributed by atoms with Crippen LogP contribution in [0.5, 0.6) is 0 Å². The van der Waals surface area contributed by atoms with Crippen LogP contribution in [0.3, 0.4) is 0 Å². The molecule has 1 atom stereocenters. The Hall–Kier alpha value is -0.530. The molecule has 0 aliphatic carbocycles. The van der Waals surface area contributed by atoms with Crippen molar-refractivity contribution in [1.82, 2.24) is 5.32 Å². The molecule has 1 fully saturated rings. The van der Waals surface area contributed by atoms with Crippen LogP contribution in [0.4, 0.5) is 0 Å². The molecule has 0 amide bonds. The zero-order chi connectivity index (χ0) is 9.97. The molecule has 1 unspecified atom stereocenters. The third-order valence-electron chi connectivity index (χ3n) is 2.98. The lowest BCUT2D eigenvalue weighted by atomic mass is 9.96. The molecule has 1 aromatic carbocycles. The molecule has 1 heterocycles. The molecule has 2 heteroatoms. The van der Waals surface area contributed by atoms with E-state index in [4.69, 9.17) is 11.6 Å². The van der Waals surface area contributed by atoms with Crippen molar-refractivity contribution in [1.29, 1.82) is 0 Å².